The molecule has 1 heteroatoms. The smallest absolute Gasteiger partial charge is 0.00773 e. The first-order valence-corrected chi connectivity index (χ1v) is 6.00. The lowest BCUT2D eigenvalue weighted by molar-refractivity contribution is 0.646. The predicted molar refractivity (Wildman–Crippen MR) is 67.1 cm³/mol. The molecule has 1 aromatic carbocycles. The van der Waals surface area contributed by atoms with Crippen LogP contribution in [0.2, 0.25) is 0 Å². The largest absolute Gasteiger partial charge is 0.330 e. The molecule has 1 nitrogen and oxygen atoms in total. The molecule has 15 heavy (non-hydrogen) atoms. The summed E-state index contributed by atoms with van der Waals surface area (Å²) in [5.74, 6) is 0. The molecule has 0 atom stereocenters. The van der Waals surface area contributed by atoms with Gasteiger partial charge in [-0.2, -0.15) is 0 Å². The summed E-state index contributed by atoms with van der Waals surface area (Å²) >= 11 is 0. The molecular formula is C14H23N. The molecule has 0 saturated heterocycles. The highest BCUT2D eigenvalue weighted by molar-refractivity contribution is 5.30. The molecule has 0 aliphatic carbocycles. The van der Waals surface area contributed by atoms with E-state index in [0.717, 1.165) is 6.54 Å². The van der Waals surface area contributed by atoms with Gasteiger partial charge < -0.3 is 5.73 Å². The summed E-state index contributed by atoms with van der Waals surface area (Å²) in [7, 11) is 0. The molecular weight excluding hydrogens is 182 g/mol. The Hall–Kier alpha value is -0.820. The summed E-state index contributed by atoms with van der Waals surface area (Å²) in [6, 6.07) is 6.75. The van der Waals surface area contributed by atoms with Gasteiger partial charge in [-0.3, -0.25) is 0 Å². The van der Waals surface area contributed by atoms with E-state index >= 15 is 0 Å². The van der Waals surface area contributed by atoms with E-state index in [9.17, 15) is 0 Å². The minimum absolute atomic E-state index is 0.837. The van der Waals surface area contributed by atoms with Crippen molar-refractivity contribution < 1.29 is 0 Å². The van der Waals surface area contributed by atoms with Crippen LogP contribution < -0.4 is 5.73 Å². The first kappa shape index (κ1) is 12.3. The van der Waals surface area contributed by atoms with Crippen molar-refractivity contribution in [2.24, 2.45) is 5.73 Å². The monoisotopic (exact) mass is 205 g/mol. The van der Waals surface area contributed by atoms with Gasteiger partial charge in [0.1, 0.15) is 0 Å². The van der Waals surface area contributed by atoms with Crippen LogP contribution in [0.25, 0.3) is 0 Å². The van der Waals surface area contributed by atoms with Gasteiger partial charge in [-0.05, 0) is 50.8 Å². The van der Waals surface area contributed by atoms with Crippen molar-refractivity contribution in [3.8, 4) is 0 Å². The minimum Gasteiger partial charge on any atom is -0.330 e. The molecule has 0 aromatic heterocycles. The SMILES string of the molecule is Cc1ccc(CCCCCCN)c(C)c1. The van der Waals surface area contributed by atoms with Gasteiger partial charge in [0, 0.05) is 0 Å². The molecule has 0 amide bonds. The van der Waals surface area contributed by atoms with Gasteiger partial charge in [0.05, 0.1) is 0 Å². The van der Waals surface area contributed by atoms with E-state index in [0.29, 0.717) is 0 Å². The van der Waals surface area contributed by atoms with Crippen LogP contribution in [-0.4, -0.2) is 6.54 Å². The van der Waals surface area contributed by atoms with E-state index in [1.807, 2.05) is 0 Å². The first-order valence-electron chi connectivity index (χ1n) is 6.00. The Balaban J connectivity index is 2.31. The van der Waals surface area contributed by atoms with Gasteiger partial charge in [-0.15, -0.1) is 0 Å². The molecule has 1 rings (SSSR count). The van der Waals surface area contributed by atoms with Gasteiger partial charge in [-0.1, -0.05) is 36.6 Å². The molecule has 0 radical (unpaired) electrons. The van der Waals surface area contributed by atoms with E-state index in [4.69, 9.17) is 5.73 Å². The Labute approximate surface area is 93.7 Å². The number of hydrogen-bond donors (Lipinski definition) is 1. The summed E-state index contributed by atoms with van der Waals surface area (Å²) in [6.07, 6.45) is 6.28. The Morgan fingerprint density at radius 2 is 1.73 bits per heavy atom. The third kappa shape index (κ3) is 4.48. The summed E-state index contributed by atoms with van der Waals surface area (Å²) < 4.78 is 0. The van der Waals surface area contributed by atoms with Crippen LogP contribution in [0, 0.1) is 13.8 Å². The highest BCUT2D eigenvalue weighted by atomic mass is 14.5. The van der Waals surface area contributed by atoms with Crippen LogP contribution in [-0.2, 0) is 6.42 Å². The van der Waals surface area contributed by atoms with Crippen molar-refractivity contribution in [3.05, 3.63) is 34.9 Å². The standard InChI is InChI=1S/C14H23N/c1-12-8-9-14(13(2)11-12)7-5-3-4-6-10-15/h8-9,11H,3-7,10,15H2,1-2H3. The molecule has 84 valence electrons. The maximum atomic E-state index is 5.46. The summed E-state index contributed by atoms with van der Waals surface area (Å²) in [5.41, 5.74) is 9.77. The summed E-state index contributed by atoms with van der Waals surface area (Å²) in [6.45, 7) is 5.20. The molecule has 0 bridgehead atoms. The number of rotatable bonds is 6. The van der Waals surface area contributed by atoms with Crippen molar-refractivity contribution >= 4 is 0 Å². The lowest BCUT2D eigenvalue weighted by atomic mass is 10.00. The van der Waals surface area contributed by atoms with Crippen molar-refractivity contribution in [3.63, 3.8) is 0 Å². The van der Waals surface area contributed by atoms with E-state index in [2.05, 4.69) is 32.0 Å². The fourth-order valence-corrected chi connectivity index (χ4v) is 1.94. The average molecular weight is 205 g/mol. The Morgan fingerprint density at radius 1 is 1.00 bits per heavy atom. The molecule has 0 fully saturated rings. The van der Waals surface area contributed by atoms with Crippen LogP contribution in [0.4, 0.5) is 0 Å². The van der Waals surface area contributed by atoms with Crippen LogP contribution in [0.15, 0.2) is 18.2 Å². The fraction of sp³-hybridized carbons (Fsp3) is 0.571. The number of aryl methyl sites for hydroxylation is 3. The molecule has 0 saturated carbocycles. The number of nitrogens with two attached hydrogens (primary N) is 1. The lowest BCUT2D eigenvalue weighted by Gasteiger charge is -2.06. The van der Waals surface area contributed by atoms with Gasteiger partial charge in [0.15, 0.2) is 0 Å². The first-order chi connectivity index (χ1) is 7.24. The van der Waals surface area contributed by atoms with E-state index in [1.54, 1.807) is 0 Å². The van der Waals surface area contributed by atoms with Crippen LogP contribution in [0.1, 0.15) is 42.4 Å². The van der Waals surface area contributed by atoms with Gasteiger partial charge in [0.2, 0.25) is 0 Å². The second-order valence-corrected chi connectivity index (χ2v) is 4.38. The van der Waals surface area contributed by atoms with Crippen LogP contribution in [0.5, 0.6) is 0 Å². The molecule has 2 N–H and O–H groups in total. The quantitative estimate of drug-likeness (QED) is 0.708. The molecule has 0 unspecified atom stereocenters. The maximum Gasteiger partial charge on any atom is -0.00773 e. The van der Waals surface area contributed by atoms with E-state index in [1.165, 1.54) is 48.8 Å². The van der Waals surface area contributed by atoms with E-state index < -0.39 is 0 Å². The highest BCUT2D eigenvalue weighted by Gasteiger charge is 1.98. The average Bonchev–Trinajstić information content (AvgIpc) is 2.20. The molecule has 0 aliphatic rings. The Morgan fingerprint density at radius 3 is 2.40 bits per heavy atom. The zero-order chi connectivity index (χ0) is 11.1. The van der Waals surface area contributed by atoms with Crippen LogP contribution >= 0.6 is 0 Å². The number of unbranched alkanes of at least 4 members (excludes halogenated alkanes) is 3. The summed E-state index contributed by atoms with van der Waals surface area (Å²) in [5, 5.41) is 0. The topological polar surface area (TPSA) is 26.0 Å². The zero-order valence-corrected chi connectivity index (χ0v) is 10.1. The summed E-state index contributed by atoms with van der Waals surface area (Å²) in [4.78, 5) is 0. The third-order valence-electron chi connectivity index (χ3n) is 2.90. The van der Waals surface area contributed by atoms with Crippen molar-refractivity contribution in [1.82, 2.24) is 0 Å². The van der Waals surface area contributed by atoms with Gasteiger partial charge >= 0.3 is 0 Å². The predicted octanol–water partition coefficient (Wildman–Crippen LogP) is 3.37. The minimum atomic E-state index is 0.837. The highest BCUT2D eigenvalue weighted by Crippen LogP contribution is 2.14. The Kier molecular flexibility index (Phi) is 5.41. The van der Waals surface area contributed by atoms with Gasteiger partial charge in [-0.25, -0.2) is 0 Å². The number of benzene rings is 1. The van der Waals surface area contributed by atoms with Gasteiger partial charge in [0.25, 0.3) is 0 Å². The number of hydrogen-bond acceptors (Lipinski definition) is 1. The maximum absolute atomic E-state index is 5.46. The van der Waals surface area contributed by atoms with Crippen molar-refractivity contribution in [2.45, 2.75) is 46.0 Å². The molecule has 0 heterocycles. The second-order valence-electron chi connectivity index (χ2n) is 4.38. The lowest BCUT2D eigenvalue weighted by Crippen LogP contribution is -1.98. The Bertz CT molecular complexity index is 291. The van der Waals surface area contributed by atoms with Crippen LogP contribution in [0.3, 0.4) is 0 Å². The van der Waals surface area contributed by atoms with E-state index in [-0.39, 0.29) is 0 Å². The third-order valence-corrected chi connectivity index (χ3v) is 2.90. The van der Waals surface area contributed by atoms with Crippen molar-refractivity contribution in [2.75, 3.05) is 6.54 Å². The molecule has 1 aromatic rings. The normalized spacial score (nSPS) is 10.6. The second kappa shape index (κ2) is 6.62. The molecule has 0 aliphatic heterocycles. The fourth-order valence-electron chi connectivity index (χ4n) is 1.94. The zero-order valence-electron chi connectivity index (χ0n) is 10.1. The van der Waals surface area contributed by atoms with Crippen molar-refractivity contribution in [1.29, 1.82) is 0 Å². The molecule has 0 spiro atoms.